The summed E-state index contributed by atoms with van der Waals surface area (Å²) < 4.78 is 8.33. The minimum Gasteiger partial charge on any atom is -0.356 e. The molecule has 1 aromatic heterocycles. The Morgan fingerprint density at radius 2 is 2.04 bits per heavy atom. The van der Waals surface area contributed by atoms with Crippen molar-refractivity contribution in [2.45, 2.75) is 18.5 Å². The van der Waals surface area contributed by atoms with Crippen LogP contribution in [0.5, 0.6) is 0 Å². The lowest BCUT2D eigenvalue weighted by molar-refractivity contribution is -0.117. The first-order valence-corrected chi connectivity index (χ1v) is 9.12. The molecule has 2 amide bonds. The molecule has 1 fully saturated rings. The van der Waals surface area contributed by atoms with Gasteiger partial charge in [-0.2, -0.15) is 8.75 Å². The number of hydrogen-bond donors (Lipinski definition) is 2. The van der Waals surface area contributed by atoms with Gasteiger partial charge in [-0.3, -0.25) is 9.59 Å². The van der Waals surface area contributed by atoms with Crippen LogP contribution in [0.4, 0.5) is 11.4 Å². The normalized spacial score (nSPS) is 21.2. The van der Waals surface area contributed by atoms with E-state index in [1.807, 2.05) is 24.3 Å². The molecule has 2 aliphatic rings. The SMILES string of the molecule is O=C(N[C@@H]1C[C@@H]2C(=O)Nc3ccccc3N2C1)c1ccc2nsnc2c1. The molecule has 5 rings (SSSR count). The van der Waals surface area contributed by atoms with Crippen molar-refractivity contribution in [2.24, 2.45) is 0 Å². The molecule has 130 valence electrons. The average Bonchev–Trinajstić information content (AvgIpc) is 3.28. The summed E-state index contributed by atoms with van der Waals surface area (Å²) in [6.45, 7) is 0.612. The van der Waals surface area contributed by atoms with Gasteiger partial charge in [0.05, 0.1) is 23.1 Å². The zero-order valence-electron chi connectivity index (χ0n) is 13.7. The second-order valence-corrected chi connectivity index (χ2v) is 7.08. The largest absolute Gasteiger partial charge is 0.356 e. The van der Waals surface area contributed by atoms with Crippen LogP contribution in [-0.4, -0.2) is 39.2 Å². The summed E-state index contributed by atoms with van der Waals surface area (Å²) >= 11 is 1.13. The van der Waals surface area contributed by atoms with E-state index in [2.05, 4.69) is 24.3 Å². The molecule has 3 heterocycles. The summed E-state index contributed by atoms with van der Waals surface area (Å²) in [7, 11) is 0. The van der Waals surface area contributed by atoms with E-state index in [0.717, 1.165) is 34.1 Å². The van der Waals surface area contributed by atoms with Crippen molar-refractivity contribution in [1.29, 1.82) is 0 Å². The van der Waals surface area contributed by atoms with Gasteiger partial charge in [0.2, 0.25) is 5.91 Å². The van der Waals surface area contributed by atoms with E-state index in [-0.39, 0.29) is 23.9 Å². The Labute approximate surface area is 153 Å². The van der Waals surface area contributed by atoms with Crippen molar-refractivity contribution in [1.82, 2.24) is 14.1 Å². The van der Waals surface area contributed by atoms with Crippen molar-refractivity contribution < 1.29 is 9.59 Å². The number of hydrogen-bond acceptors (Lipinski definition) is 6. The van der Waals surface area contributed by atoms with E-state index >= 15 is 0 Å². The van der Waals surface area contributed by atoms with Gasteiger partial charge in [0.1, 0.15) is 17.1 Å². The third kappa shape index (κ3) is 2.41. The first-order chi connectivity index (χ1) is 12.7. The van der Waals surface area contributed by atoms with Crippen LogP contribution in [0, 0.1) is 0 Å². The van der Waals surface area contributed by atoms with Crippen molar-refractivity contribution in [3.8, 4) is 0 Å². The van der Waals surface area contributed by atoms with E-state index in [0.29, 0.717) is 18.5 Å². The first kappa shape index (κ1) is 15.3. The number of nitrogens with one attached hydrogen (secondary N) is 2. The predicted octanol–water partition coefficient (Wildman–Crippen LogP) is 2.02. The third-order valence-corrected chi connectivity index (χ3v) is 5.48. The van der Waals surface area contributed by atoms with Crippen LogP contribution in [0.15, 0.2) is 42.5 Å². The fraction of sp³-hybridized carbons (Fsp3) is 0.222. The Balaban J connectivity index is 1.36. The molecule has 2 aromatic carbocycles. The van der Waals surface area contributed by atoms with Gasteiger partial charge in [0, 0.05) is 18.2 Å². The maximum absolute atomic E-state index is 12.6. The zero-order valence-corrected chi connectivity index (χ0v) is 14.5. The summed E-state index contributed by atoms with van der Waals surface area (Å²) in [5.74, 6) is -0.172. The highest BCUT2D eigenvalue weighted by Crippen LogP contribution is 2.36. The Bertz CT molecular complexity index is 1030. The summed E-state index contributed by atoms with van der Waals surface area (Å²) in [6.07, 6.45) is 0.590. The summed E-state index contributed by atoms with van der Waals surface area (Å²) in [6, 6.07) is 12.7. The van der Waals surface area contributed by atoms with Gasteiger partial charge in [0.15, 0.2) is 0 Å². The van der Waals surface area contributed by atoms with Gasteiger partial charge in [-0.05, 0) is 36.8 Å². The molecule has 3 aromatic rings. The molecule has 0 bridgehead atoms. The highest BCUT2D eigenvalue weighted by atomic mass is 32.1. The number of amides is 2. The summed E-state index contributed by atoms with van der Waals surface area (Å²) in [5, 5.41) is 6.00. The van der Waals surface area contributed by atoms with E-state index < -0.39 is 0 Å². The van der Waals surface area contributed by atoms with Crippen LogP contribution in [0.3, 0.4) is 0 Å². The molecule has 0 radical (unpaired) electrons. The smallest absolute Gasteiger partial charge is 0.251 e. The fourth-order valence-electron chi connectivity index (χ4n) is 3.69. The maximum Gasteiger partial charge on any atom is 0.251 e. The number of fused-ring (bicyclic) bond motifs is 4. The lowest BCUT2D eigenvalue weighted by atomic mass is 10.1. The van der Waals surface area contributed by atoms with E-state index in [1.165, 1.54) is 0 Å². The minimum absolute atomic E-state index is 0.0181. The molecule has 0 spiro atoms. The Morgan fingerprint density at radius 3 is 2.96 bits per heavy atom. The van der Waals surface area contributed by atoms with Crippen LogP contribution < -0.4 is 15.5 Å². The minimum atomic E-state index is -0.250. The Morgan fingerprint density at radius 1 is 1.19 bits per heavy atom. The zero-order chi connectivity index (χ0) is 17.7. The molecule has 0 aliphatic carbocycles. The highest BCUT2D eigenvalue weighted by Gasteiger charge is 2.41. The molecular formula is C18H15N5O2S. The van der Waals surface area contributed by atoms with E-state index in [1.54, 1.807) is 18.2 Å². The number of benzene rings is 2. The van der Waals surface area contributed by atoms with Crippen LogP contribution >= 0.6 is 11.7 Å². The molecule has 8 heteroatoms. The van der Waals surface area contributed by atoms with Crippen molar-refractivity contribution in [3.05, 3.63) is 48.0 Å². The Hall–Kier alpha value is -3.00. The van der Waals surface area contributed by atoms with Crippen LogP contribution in [-0.2, 0) is 4.79 Å². The third-order valence-electron chi connectivity index (χ3n) is 4.93. The number of anilines is 2. The van der Waals surface area contributed by atoms with Crippen LogP contribution in [0.1, 0.15) is 16.8 Å². The lowest BCUT2D eigenvalue weighted by Crippen LogP contribution is -2.44. The topological polar surface area (TPSA) is 87.2 Å². The molecule has 0 saturated carbocycles. The van der Waals surface area contributed by atoms with Crippen molar-refractivity contribution >= 4 is 46.0 Å². The second-order valence-electron chi connectivity index (χ2n) is 6.55. The molecule has 26 heavy (non-hydrogen) atoms. The Kier molecular flexibility index (Phi) is 3.39. The molecule has 2 aliphatic heterocycles. The standard InChI is InChI=1S/C18H15N5O2S/c24-17(10-5-6-12-14(7-10)22-26-21-12)19-11-8-16-18(25)20-13-3-1-2-4-15(13)23(16)9-11/h1-7,11,16H,8-9H2,(H,19,24)(H,20,25)/t11-,16-/m1/s1. The summed E-state index contributed by atoms with van der Waals surface area (Å²) in [4.78, 5) is 27.1. The van der Waals surface area contributed by atoms with E-state index in [4.69, 9.17) is 0 Å². The van der Waals surface area contributed by atoms with Crippen LogP contribution in [0.25, 0.3) is 11.0 Å². The first-order valence-electron chi connectivity index (χ1n) is 8.39. The fourth-order valence-corrected chi connectivity index (χ4v) is 4.21. The average molecular weight is 365 g/mol. The quantitative estimate of drug-likeness (QED) is 0.726. The van der Waals surface area contributed by atoms with E-state index in [9.17, 15) is 9.59 Å². The molecule has 7 nitrogen and oxygen atoms in total. The van der Waals surface area contributed by atoms with Gasteiger partial charge < -0.3 is 15.5 Å². The molecule has 0 unspecified atom stereocenters. The van der Waals surface area contributed by atoms with Gasteiger partial charge in [-0.25, -0.2) is 0 Å². The van der Waals surface area contributed by atoms with Crippen LogP contribution in [0.2, 0.25) is 0 Å². The van der Waals surface area contributed by atoms with Crippen molar-refractivity contribution in [3.63, 3.8) is 0 Å². The number of aromatic nitrogens is 2. The monoisotopic (exact) mass is 365 g/mol. The van der Waals surface area contributed by atoms with Gasteiger partial charge >= 0.3 is 0 Å². The van der Waals surface area contributed by atoms with Gasteiger partial charge in [-0.15, -0.1) is 0 Å². The second kappa shape index (κ2) is 5.77. The number of carbonyl (C=O) groups excluding carboxylic acids is 2. The van der Waals surface area contributed by atoms with Crippen molar-refractivity contribution in [2.75, 3.05) is 16.8 Å². The number of para-hydroxylation sites is 2. The predicted molar refractivity (Wildman–Crippen MR) is 99.5 cm³/mol. The maximum atomic E-state index is 12.6. The number of carbonyl (C=O) groups is 2. The molecular weight excluding hydrogens is 350 g/mol. The lowest BCUT2D eigenvalue weighted by Gasteiger charge is -2.32. The molecule has 1 saturated heterocycles. The summed E-state index contributed by atoms with van der Waals surface area (Å²) in [5.41, 5.74) is 3.89. The highest BCUT2D eigenvalue weighted by molar-refractivity contribution is 7.00. The van der Waals surface area contributed by atoms with Gasteiger partial charge in [0.25, 0.3) is 5.91 Å². The number of nitrogens with zero attached hydrogens (tertiary/aromatic N) is 3. The molecule has 2 N–H and O–H groups in total. The van der Waals surface area contributed by atoms with Gasteiger partial charge in [-0.1, -0.05) is 12.1 Å². The molecule has 2 atom stereocenters. The number of rotatable bonds is 2.